The summed E-state index contributed by atoms with van der Waals surface area (Å²) in [4.78, 5) is 22.3. The normalized spacial score (nSPS) is 26.6. The number of hydrogen-bond acceptors (Lipinski definition) is 2. The Bertz CT molecular complexity index is 235. The average molecular weight is 199 g/mol. The van der Waals surface area contributed by atoms with Crippen molar-refractivity contribution in [2.75, 3.05) is 13.6 Å². The molecule has 1 unspecified atom stereocenters. The van der Waals surface area contributed by atoms with Crippen molar-refractivity contribution in [3.63, 3.8) is 0 Å². The minimum Gasteiger partial charge on any atom is -0.356 e. The molecule has 0 spiro atoms. The fourth-order valence-electron chi connectivity index (χ4n) is 1.60. The number of urea groups is 1. The molecular weight excluding hydrogens is 184 g/mol. The Morgan fingerprint density at radius 3 is 2.57 bits per heavy atom. The van der Waals surface area contributed by atoms with Gasteiger partial charge in [-0.15, -0.1) is 0 Å². The van der Waals surface area contributed by atoms with Gasteiger partial charge in [0.25, 0.3) is 5.91 Å². The van der Waals surface area contributed by atoms with Crippen LogP contribution in [-0.4, -0.2) is 31.2 Å². The molecule has 1 aliphatic rings. The molecule has 0 aromatic rings. The maximum atomic E-state index is 11.5. The van der Waals surface area contributed by atoms with Crippen LogP contribution in [0.1, 0.15) is 19.3 Å². The van der Waals surface area contributed by atoms with Crippen molar-refractivity contribution in [3.05, 3.63) is 0 Å². The summed E-state index contributed by atoms with van der Waals surface area (Å²) in [7, 11) is 1.51. The predicted molar refractivity (Wildman–Crippen MR) is 50.4 cm³/mol. The number of piperidine rings is 1. The van der Waals surface area contributed by atoms with Crippen molar-refractivity contribution < 1.29 is 9.59 Å². The van der Waals surface area contributed by atoms with Crippen molar-refractivity contribution in [1.29, 1.82) is 0 Å². The number of primary amides is 1. The maximum Gasteiger partial charge on any atom is 0.314 e. The molecule has 1 fully saturated rings. The third-order valence-corrected chi connectivity index (χ3v) is 2.26. The van der Waals surface area contributed by atoms with Crippen molar-refractivity contribution in [2.45, 2.75) is 24.9 Å². The molecule has 3 amide bonds. The molecule has 0 bridgehead atoms. The van der Waals surface area contributed by atoms with Gasteiger partial charge in [-0.05, 0) is 19.3 Å². The van der Waals surface area contributed by atoms with Crippen LogP contribution in [0.3, 0.4) is 0 Å². The first-order valence-corrected chi connectivity index (χ1v) is 4.59. The summed E-state index contributed by atoms with van der Waals surface area (Å²) in [5.41, 5.74) is 3.87. The van der Waals surface area contributed by atoms with Crippen LogP contribution in [0.4, 0.5) is 4.79 Å². The zero-order chi connectivity index (χ0) is 10.6. The van der Waals surface area contributed by atoms with Crippen LogP contribution in [0.15, 0.2) is 0 Å². The third kappa shape index (κ3) is 2.14. The number of amides is 3. The zero-order valence-corrected chi connectivity index (χ0v) is 8.17. The summed E-state index contributed by atoms with van der Waals surface area (Å²) in [6.45, 7) is 0.577. The predicted octanol–water partition coefficient (Wildman–Crippen LogP) is -1.11. The lowest BCUT2D eigenvalue weighted by molar-refractivity contribution is -0.129. The highest BCUT2D eigenvalue weighted by atomic mass is 16.2. The van der Waals surface area contributed by atoms with E-state index < -0.39 is 11.7 Å². The Labute approximate surface area is 82.6 Å². The van der Waals surface area contributed by atoms with E-state index in [9.17, 15) is 9.59 Å². The highest BCUT2D eigenvalue weighted by Gasteiger charge is 2.41. The Balaban J connectivity index is 2.76. The van der Waals surface area contributed by atoms with Gasteiger partial charge in [0.2, 0.25) is 0 Å². The van der Waals surface area contributed by atoms with E-state index >= 15 is 0 Å². The number of carbonyl (C=O) groups is 2. The van der Waals surface area contributed by atoms with E-state index in [1.807, 2.05) is 0 Å². The average Bonchev–Trinajstić information content (AvgIpc) is 2.17. The molecule has 0 aliphatic carbocycles. The fourth-order valence-corrected chi connectivity index (χ4v) is 1.60. The van der Waals surface area contributed by atoms with Crippen molar-refractivity contribution in [1.82, 2.24) is 16.0 Å². The summed E-state index contributed by atoms with van der Waals surface area (Å²) in [5, 5.41) is 9.03. The molecule has 4 N–H and O–H groups in total. The van der Waals surface area contributed by atoms with E-state index in [-0.39, 0.29) is 5.91 Å². The second-order valence-corrected chi connectivity index (χ2v) is 3.27. The molecule has 79 valence electrons. The van der Waals surface area contributed by atoms with E-state index in [1.165, 1.54) is 7.05 Å². The van der Waals surface area contributed by atoms with Gasteiger partial charge in [-0.3, -0.25) is 4.79 Å². The van der Waals surface area contributed by atoms with Crippen LogP contribution in [-0.2, 0) is 4.79 Å². The standard InChI is InChI=1S/C8H15N4O2/c1-10-6(13)8(12-7(9)14)4-2-3-5-11-8/h2-5H2,1H3,(H,10,13)(H3,9,12,14). The third-order valence-electron chi connectivity index (χ3n) is 2.26. The number of hydrogen-bond donors (Lipinski definition) is 3. The number of likely N-dealkylation sites (N-methyl/N-ethyl adjacent to an activating group) is 1. The van der Waals surface area contributed by atoms with E-state index in [2.05, 4.69) is 16.0 Å². The minimum atomic E-state index is -1.14. The maximum absolute atomic E-state index is 11.5. The van der Waals surface area contributed by atoms with E-state index in [0.717, 1.165) is 12.8 Å². The van der Waals surface area contributed by atoms with Gasteiger partial charge in [0.05, 0.1) is 0 Å². The number of nitrogens with two attached hydrogens (primary N) is 1. The molecule has 1 aliphatic heterocycles. The summed E-state index contributed by atoms with van der Waals surface area (Å²) in [5.74, 6) is -0.309. The summed E-state index contributed by atoms with van der Waals surface area (Å²) < 4.78 is 0. The van der Waals surface area contributed by atoms with Gasteiger partial charge in [0.15, 0.2) is 5.66 Å². The first-order valence-electron chi connectivity index (χ1n) is 4.59. The Morgan fingerprint density at radius 1 is 1.43 bits per heavy atom. The highest BCUT2D eigenvalue weighted by Crippen LogP contribution is 2.18. The molecule has 1 saturated heterocycles. The van der Waals surface area contributed by atoms with E-state index in [0.29, 0.717) is 13.0 Å². The van der Waals surface area contributed by atoms with E-state index in [4.69, 9.17) is 5.73 Å². The van der Waals surface area contributed by atoms with Crippen molar-refractivity contribution in [3.8, 4) is 0 Å². The SMILES string of the molecule is CNC(=O)C1(NC(N)=O)CCCC[N]1. The van der Waals surface area contributed by atoms with Crippen LogP contribution in [0.5, 0.6) is 0 Å². The summed E-state index contributed by atoms with van der Waals surface area (Å²) in [6.07, 6.45) is 2.31. The second-order valence-electron chi connectivity index (χ2n) is 3.27. The van der Waals surface area contributed by atoms with Crippen LogP contribution < -0.4 is 21.7 Å². The number of carbonyl (C=O) groups excluding carboxylic acids is 2. The smallest absolute Gasteiger partial charge is 0.314 e. The van der Waals surface area contributed by atoms with Gasteiger partial charge >= 0.3 is 6.03 Å². The Hall–Kier alpha value is -1.30. The van der Waals surface area contributed by atoms with Gasteiger partial charge in [0.1, 0.15) is 0 Å². The molecular formula is C8H15N4O2. The molecule has 14 heavy (non-hydrogen) atoms. The molecule has 6 nitrogen and oxygen atoms in total. The molecule has 1 radical (unpaired) electrons. The Kier molecular flexibility index (Phi) is 3.29. The summed E-state index contributed by atoms with van der Waals surface area (Å²) in [6, 6.07) is -0.723. The van der Waals surface area contributed by atoms with Crippen LogP contribution in [0, 0.1) is 0 Å². The van der Waals surface area contributed by atoms with Gasteiger partial charge in [-0.2, -0.15) is 0 Å². The lowest BCUT2D eigenvalue weighted by Crippen LogP contribution is -2.66. The first-order chi connectivity index (χ1) is 6.60. The van der Waals surface area contributed by atoms with Gasteiger partial charge in [-0.1, -0.05) is 0 Å². The zero-order valence-electron chi connectivity index (χ0n) is 8.17. The quantitative estimate of drug-likeness (QED) is 0.525. The number of nitrogens with zero attached hydrogens (tertiary/aromatic N) is 1. The first kappa shape index (κ1) is 10.8. The molecule has 0 aromatic carbocycles. The topological polar surface area (TPSA) is 98.3 Å². The lowest BCUT2D eigenvalue weighted by atomic mass is 9.97. The fraction of sp³-hybridized carbons (Fsp3) is 0.750. The molecule has 1 heterocycles. The molecule has 6 heteroatoms. The molecule has 0 aromatic heterocycles. The van der Waals surface area contributed by atoms with Gasteiger partial charge < -0.3 is 16.4 Å². The Morgan fingerprint density at radius 2 is 2.14 bits per heavy atom. The molecule has 0 saturated carbocycles. The van der Waals surface area contributed by atoms with Crippen LogP contribution >= 0.6 is 0 Å². The van der Waals surface area contributed by atoms with Gasteiger partial charge in [0, 0.05) is 13.6 Å². The lowest BCUT2D eigenvalue weighted by Gasteiger charge is -2.34. The largest absolute Gasteiger partial charge is 0.356 e. The molecule has 1 atom stereocenters. The monoisotopic (exact) mass is 199 g/mol. The molecule has 1 rings (SSSR count). The highest BCUT2D eigenvalue weighted by molar-refractivity contribution is 5.90. The van der Waals surface area contributed by atoms with E-state index in [1.54, 1.807) is 0 Å². The van der Waals surface area contributed by atoms with Crippen molar-refractivity contribution >= 4 is 11.9 Å². The van der Waals surface area contributed by atoms with Crippen LogP contribution in [0.2, 0.25) is 0 Å². The second kappa shape index (κ2) is 4.28. The van der Waals surface area contributed by atoms with Gasteiger partial charge in [-0.25, -0.2) is 10.1 Å². The number of nitrogens with one attached hydrogen (secondary N) is 2. The summed E-state index contributed by atoms with van der Waals surface area (Å²) >= 11 is 0. The van der Waals surface area contributed by atoms with Crippen molar-refractivity contribution in [2.24, 2.45) is 5.73 Å². The minimum absolute atomic E-state index is 0.309. The number of rotatable bonds is 2. The van der Waals surface area contributed by atoms with Crippen LogP contribution in [0.25, 0.3) is 0 Å².